The molecule has 0 spiro atoms. The number of amides is 2. The zero-order valence-electron chi connectivity index (χ0n) is 15.0. The van der Waals surface area contributed by atoms with Gasteiger partial charge in [-0.2, -0.15) is 0 Å². The fraction of sp³-hybridized carbons (Fsp3) is 0.0476. The zero-order valence-corrected chi connectivity index (χ0v) is 15.0. The van der Waals surface area contributed by atoms with Gasteiger partial charge in [0, 0.05) is 5.56 Å². The number of benzene rings is 2. The summed E-state index contributed by atoms with van der Waals surface area (Å²) in [6, 6.07) is 18.5. The van der Waals surface area contributed by atoms with E-state index in [1.807, 2.05) is 6.07 Å². The van der Waals surface area contributed by atoms with E-state index in [-0.39, 0.29) is 17.1 Å². The van der Waals surface area contributed by atoms with Crippen LogP contribution in [0.15, 0.2) is 82.8 Å². The fourth-order valence-corrected chi connectivity index (χ4v) is 3.20. The van der Waals surface area contributed by atoms with E-state index >= 15 is 0 Å². The smallest absolute Gasteiger partial charge is 0.403 e. The van der Waals surface area contributed by atoms with Crippen LogP contribution in [0, 0.1) is 10.1 Å². The van der Waals surface area contributed by atoms with Crippen molar-refractivity contribution in [1.29, 1.82) is 0 Å². The highest BCUT2D eigenvalue weighted by Gasteiger charge is 2.36. The molecule has 1 unspecified atom stereocenters. The van der Waals surface area contributed by atoms with Gasteiger partial charge >= 0.3 is 11.9 Å². The molecule has 0 saturated heterocycles. The van der Waals surface area contributed by atoms with Gasteiger partial charge in [-0.1, -0.05) is 60.7 Å². The molecule has 29 heavy (non-hydrogen) atoms. The van der Waals surface area contributed by atoms with E-state index in [4.69, 9.17) is 4.42 Å². The van der Waals surface area contributed by atoms with Crippen LogP contribution in [0.3, 0.4) is 0 Å². The van der Waals surface area contributed by atoms with Crippen LogP contribution in [0.25, 0.3) is 5.70 Å². The molecule has 8 nitrogen and oxygen atoms in total. The number of Topliss-reactive ketones (excluding diaryl/α,β-unsaturated/α-hetero) is 1. The first-order valence-corrected chi connectivity index (χ1v) is 8.75. The lowest BCUT2D eigenvalue weighted by Gasteiger charge is -2.28. The number of hydrogen-bond acceptors (Lipinski definition) is 5. The first-order valence-electron chi connectivity index (χ1n) is 8.75. The first kappa shape index (κ1) is 18.2. The average molecular weight is 389 g/mol. The Balaban J connectivity index is 1.91. The summed E-state index contributed by atoms with van der Waals surface area (Å²) >= 11 is 0. The second-order valence-electron chi connectivity index (χ2n) is 6.31. The number of carbonyl (C=O) groups excluding carboxylic acids is 2. The van der Waals surface area contributed by atoms with E-state index in [1.165, 1.54) is 12.1 Å². The van der Waals surface area contributed by atoms with Gasteiger partial charge in [0.25, 0.3) is 0 Å². The third-order valence-electron chi connectivity index (χ3n) is 4.49. The van der Waals surface area contributed by atoms with Crippen molar-refractivity contribution in [3.63, 3.8) is 0 Å². The second-order valence-corrected chi connectivity index (χ2v) is 6.31. The third kappa shape index (κ3) is 3.51. The molecule has 2 amide bonds. The predicted molar refractivity (Wildman–Crippen MR) is 104 cm³/mol. The number of rotatable bonds is 5. The molecule has 0 radical (unpaired) electrons. The largest absolute Gasteiger partial charge is 0.433 e. The first-order chi connectivity index (χ1) is 14.0. The molecule has 0 fully saturated rings. The molecule has 1 aliphatic heterocycles. The number of nitrogens with zero attached hydrogens (tertiary/aromatic N) is 1. The van der Waals surface area contributed by atoms with Gasteiger partial charge in [-0.05, 0) is 11.6 Å². The van der Waals surface area contributed by atoms with Gasteiger partial charge in [0.05, 0.1) is 17.3 Å². The van der Waals surface area contributed by atoms with E-state index in [2.05, 4.69) is 10.6 Å². The molecule has 1 atom stereocenters. The van der Waals surface area contributed by atoms with Gasteiger partial charge in [-0.15, -0.1) is 0 Å². The Morgan fingerprint density at radius 2 is 1.62 bits per heavy atom. The van der Waals surface area contributed by atoms with Gasteiger partial charge in [0.15, 0.2) is 5.78 Å². The van der Waals surface area contributed by atoms with Gasteiger partial charge in [-0.3, -0.25) is 14.9 Å². The van der Waals surface area contributed by atoms with Gasteiger partial charge in [0.2, 0.25) is 0 Å². The standard InChI is InChI=1S/C21H15N3O5/c25-20(14-9-5-2-6-10-14)17-18(13-7-3-1-4-8-13)22-21(26)23-19(17)15-11-12-16(29-15)24(27)28/h1-12,19H,(H2,22,23,26). The lowest BCUT2D eigenvalue weighted by Crippen LogP contribution is -2.45. The van der Waals surface area contributed by atoms with E-state index < -0.39 is 22.9 Å². The van der Waals surface area contributed by atoms with Crippen LogP contribution in [0.2, 0.25) is 0 Å². The minimum Gasteiger partial charge on any atom is -0.403 e. The molecular formula is C21H15N3O5. The maximum Gasteiger partial charge on any atom is 0.433 e. The normalized spacial score (nSPS) is 16.1. The van der Waals surface area contributed by atoms with Crippen LogP contribution in [0.5, 0.6) is 0 Å². The predicted octanol–water partition coefficient (Wildman–Crippen LogP) is 3.84. The van der Waals surface area contributed by atoms with Crippen molar-refractivity contribution in [3.05, 3.63) is 105 Å². The van der Waals surface area contributed by atoms with Crippen molar-refractivity contribution in [2.45, 2.75) is 6.04 Å². The highest BCUT2D eigenvalue weighted by molar-refractivity contribution is 6.16. The summed E-state index contributed by atoms with van der Waals surface area (Å²) in [5.74, 6) is -0.708. The van der Waals surface area contributed by atoms with Gasteiger partial charge in [0.1, 0.15) is 16.7 Å². The summed E-state index contributed by atoms with van der Waals surface area (Å²) in [5.41, 5.74) is 1.60. The number of ketones is 1. The summed E-state index contributed by atoms with van der Waals surface area (Å²) in [7, 11) is 0. The molecule has 2 aromatic carbocycles. The van der Waals surface area contributed by atoms with Gasteiger partial charge < -0.3 is 15.1 Å². The Morgan fingerprint density at radius 1 is 0.966 bits per heavy atom. The lowest BCUT2D eigenvalue weighted by atomic mass is 9.90. The third-order valence-corrected chi connectivity index (χ3v) is 4.49. The van der Waals surface area contributed by atoms with E-state index in [0.717, 1.165) is 0 Å². The number of nitro groups is 1. The number of urea groups is 1. The van der Waals surface area contributed by atoms with Crippen molar-refractivity contribution >= 4 is 23.4 Å². The molecule has 1 aromatic heterocycles. The highest BCUT2D eigenvalue weighted by Crippen LogP contribution is 2.35. The van der Waals surface area contributed by atoms with Crippen molar-refractivity contribution in [3.8, 4) is 0 Å². The molecule has 0 saturated carbocycles. The van der Waals surface area contributed by atoms with Crippen LogP contribution in [-0.4, -0.2) is 16.7 Å². The SMILES string of the molecule is O=C1NC(c2ccccc2)=C(C(=O)c2ccccc2)C(c2ccc([N+](=O)[O-])o2)N1. The van der Waals surface area contributed by atoms with E-state index in [9.17, 15) is 19.7 Å². The maximum atomic E-state index is 13.4. The highest BCUT2D eigenvalue weighted by atomic mass is 16.6. The summed E-state index contributed by atoms with van der Waals surface area (Å²) in [4.78, 5) is 36.1. The van der Waals surface area contributed by atoms with Crippen LogP contribution < -0.4 is 10.6 Å². The number of furan rings is 1. The summed E-state index contributed by atoms with van der Waals surface area (Å²) in [6.07, 6.45) is 0. The Labute approximate surface area is 165 Å². The lowest BCUT2D eigenvalue weighted by molar-refractivity contribution is -0.402. The number of nitrogens with one attached hydrogen (secondary N) is 2. The van der Waals surface area contributed by atoms with Crippen molar-refractivity contribution in [2.75, 3.05) is 0 Å². The summed E-state index contributed by atoms with van der Waals surface area (Å²) in [5, 5.41) is 16.4. The molecule has 0 aliphatic carbocycles. The minimum absolute atomic E-state index is 0.0965. The summed E-state index contributed by atoms with van der Waals surface area (Å²) in [6.45, 7) is 0. The molecular weight excluding hydrogens is 374 g/mol. The fourth-order valence-electron chi connectivity index (χ4n) is 3.20. The summed E-state index contributed by atoms with van der Waals surface area (Å²) < 4.78 is 5.31. The van der Waals surface area contributed by atoms with E-state index in [0.29, 0.717) is 16.8 Å². The molecule has 1 aliphatic rings. The second kappa shape index (κ2) is 7.43. The quantitative estimate of drug-likeness (QED) is 0.391. The van der Waals surface area contributed by atoms with Gasteiger partial charge in [-0.25, -0.2) is 4.79 Å². The molecule has 4 rings (SSSR count). The maximum absolute atomic E-state index is 13.4. The molecule has 144 valence electrons. The Kier molecular flexibility index (Phi) is 4.66. The van der Waals surface area contributed by atoms with Crippen LogP contribution >= 0.6 is 0 Å². The minimum atomic E-state index is -0.986. The number of carbonyl (C=O) groups is 2. The Bertz CT molecular complexity index is 1120. The van der Waals surface area contributed by atoms with Crippen LogP contribution in [0.4, 0.5) is 10.7 Å². The molecule has 0 bridgehead atoms. The Hall–Kier alpha value is -4.20. The molecule has 3 aromatic rings. The van der Waals surface area contributed by atoms with E-state index in [1.54, 1.807) is 54.6 Å². The van der Waals surface area contributed by atoms with Crippen LogP contribution in [-0.2, 0) is 0 Å². The van der Waals surface area contributed by atoms with Crippen molar-refractivity contribution in [2.24, 2.45) is 0 Å². The Morgan fingerprint density at radius 3 is 2.24 bits per heavy atom. The van der Waals surface area contributed by atoms with Crippen molar-refractivity contribution < 1.29 is 18.9 Å². The molecule has 2 N–H and O–H groups in total. The topological polar surface area (TPSA) is 114 Å². The van der Waals surface area contributed by atoms with Crippen molar-refractivity contribution in [1.82, 2.24) is 10.6 Å². The monoisotopic (exact) mass is 389 g/mol. The molecule has 2 heterocycles. The van der Waals surface area contributed by atoms with Crippen LogP contribution in [0.1, 0.15) is 27.7 Å². The zero-order chi connectivity index (χ0) is 20.4. The average Bonchev–Trinajstić information content (AvgIpc) is 3.24. The number of hydrogen-bond donors (Lipinski definition) is 2. The molecule has 8 heteroatoms.